The molecule has 6 amide bonds. The SMILES string of the molecule is Cc1ccc(NC(=O)NC(=O)CN2C(=O)NC(Cc3ccccc3)(Cc3ccccc3)C2=O)c(C)c1. The highest BCUT2D eigenvalue weighted by Crippen LogP contribution is 2.27. The maximum atomic E-state index is 13.6. The van der Waals surface area contributed by atoms with Crippen LogP contribution in [-0.2, 0) is 22.4 Å². The number of rotatable bonds is 7. The number of aryl methyl sites for hydroxylation is 2. The van der Waals surface area contributed by atoms with Gasteiger partial charge in [0.05, 0.1) is 0 Å². The largest absolute Gasteiger partial charge is 0.325 e. The van der Waals surface area contributed by atoms with E-state index < -0.39 is 36.0 Å². The number of carbonyl (C=O) groups is 4. The molecule has 0 atom stereocenters. The molecule has 36 heavy (non-hydrogen) atoms. The highest BCUT2D eigenvalue weighted by Gasteiger charge is 2.51. The minimum absolute atomic E-state index is 0.263. The second-order valence-electron chi connectivity index (χ2n) is 9.05. The van der Waals surface area contributed by atoms with E-state index in [0.29, 0.717) is 5.69 Å². The first-order chi connectivity index (χ1) is 17.3. The molecule has 1 fully saturated rings. The average Bonchev–Trinajstić information content (AvgIpc) is 3.06. The lowest BCUT2D eigenvalue weighted by molar-refractivity contribution is -0.134. The Morgan fingerprint density at radius 1 is 0.861 bits per heavy atom. The number of nitrogens with zero attached hydrogens (tertiary/aromatic N) is 1. The molecule has 0 radical (unpaired) electrons. The molecule has 0 aromatic heterocycles. The number of carbonyl (C=O) groups excluding carboxylic acids is 4. The van der Waals surface area contributed by atoms with Gasteiger partial charge in [0.15, 0.2) is 0 Å². The van der Waals surface area contributed by atoms with Crippen molar-refractivity contribution in [1.29, 1.82) is 0 Å². The molecular formula is C28H28N4O4. The van der Waals surface area contributed by atoms with Crippen molar-refractivity contribution in [3.8, 4) is 0 Å². The average molecular weight is 485 g/mol. The van der Waals surface area contributed by atoms with Crippen LogP contribution in [-0.4, -0.2) is 40.9 Å². The molecule has 1 aliphatic heterocycles. The van der Waals surface area contributed by atoms with E-state index in [2.05, 4.69) is 16.0 Å². The van der Waals surface area contributed by atoms with E-state index in [1.807, 2.05) is 86.6 Å². The quantitative estimate of drug-likeness (QED) is 0.444. The number of urea groups is 2. The number of hydrogen-bond acceptors (Lipinski definition) is 4. The van der Waals surface area contributed by atoms with E-state index in [9.17, 15) is 19.2 Å². The van der Waals surface area contributed by atoms with Gasteiger partial charge in [0.25, 0.3) is 5.91 Å². The molecule has 1 saturated heterocycles. The lowest BCUT2D eigenvalue weighted by Crippen LogP contribution is -2.51. The summed E-state index contributed by atoms with van der Waals surface area (Å²) in [7, 11) is 0. The van der Waals surface area contributed by atoms with Gasteiger partial charge in [0, 0.05) is 18.5 Å². The Hall–Kier alpha value is -4.46. The van der Waals surface area contributed by atoms with E-state index in [0.717, 1.165) is 27.2 Å². The van der Waals surface area contributed by atoms with E-state index >= 15 is 0 Å². The molecule has 3 aromatic rings. The minimum Gasteiger partial charge on any atom is -0.322 e. The summed E-state index contributed by atoms with van der Waals surface area (Å²) in [6, 6.07) is 22.9. The summed E-state index contributed by atoms with van der Waals surface area (Å²) in [5, 5.41) is 7.66. The Kier molecular flexibility index (Phi) is 7.15. The van der Waals surface area contributed by atoms with Gasteiger partial charge in [0.2, 0.25) is 5.91 Å². The summed E-state index contributed by atoms with van der Waals surface area (Å²) in [6.07, 6.45) is 0.525. The van der Waals surface area contributed by atoms with Gasteiger partial charge in [-0.2, -0.15) is 0 Å². The summed E-state index contributed by atoms with van der Waals surface area (Å²) in [6.45, 7) is 3.21. The van der Waals surface area contributed by atoms with Gasteiger partial charge < -0.3 is 10.6 Å². The molecule has 4 rings (SSSR count). The second kappa shape index (κ2) is 10.4. The molecule has 8 nitrogen and oxygen atoms in total. The standard InChI is InChI=1S/C28H28N4O4/c1-19-13-14-23(20(2)15-19)29-26(35)30-24(33)18-32-25(34)28(31-27(32)36,16-21-9-5-3-6-10-21)17-22-11-7-4-8-12-22/h3-15H,16-18H2,1-2H3,(H,31,36)(H2,29,30,33,35). The smallest absolute Gasteiger partial charge is 0.322 e. The second-order valence-corrected chi connectivity index (χ2v) is 9.05. The molecule has 3 aromatic carbocycles. The van der Waals surface area contributed by atoms with Crippen molar-refractivity contribution in [2.24, 2.45) is 0 Å². The van der Waals surface area contributed by atoms with Crippen LogP contribution in [0.1, 0.15) is 22.3 Å². The molecule has 1 aliphatic rings. The number of benzene rings is 3. The maximum absolute atomic E-state index is 13.6. The van der Waals surface area contributed by atoms with Crippen LogP contribution in [0.15, 0.2) is 78.9 Å². The van der Waals surface area contributed by atoms with Crippen molar-refractivity contribution in [3.63, 3.8) is 0 Å². The van der Waals surface area contributed by atoms with Crippen LogP contribution < -0.4 is 16.0 Å². The first-order valence-electron chi connectivity index (χ1n) is 11.7. The van der Waals surface area contributed by atoms with Crippen LogP contribution in [0.4, 0.5) is 15.3 Å². The van der Waals surface area contributed by atoms with Gasteiger partial charge in [-0.15, -0.1) is 0 Å². The Morgan fingerprint density at radius 3 is 2.00 bits per heavy atom. The first-order valence-corrected chi connectivity index (χ1v) is 11.7. The van der Waals surface area contributed by atoms with Crippen LogP contribution in [0.5, 0.6) is 0 Å². The molecule has 1 heterocycles. The Balaban J connectivity index is 1.48. The molecule has 3 N–H and O–H groups in total. The molecule has 0 bridgehead atoms. The van der Waals surface area contributed by atoms with Crippen molar-refractivity contribution >= 4 is 29.6 Å². The fourth-order valence-electron chi connectivity index (χ4n) is 4.43. The lowest BCUT2D eigenvalue weighted by Gasteiger charge is -2.27. The monoisotopic (exact) mass is 484 g/mol. The summed E-state index contributed by atoms with van der Waals surface area (Å²) >= 11 is 0. The van der Waals surface area contributed by atoms with Crippen molar-refractivity contribution in [2.75, 3.05) is 11.9 Å². The Bertz CT molecular complexity index is 1250. The zero-order valence-electron chi connectivity index (χ0n) is 20.2. The normalized spacial score (nSPS) is 14.3. The summed E-state index contributed by atoms with van der Waals surface area (Å²) in [5.41, 5.74) is 2.95. The number of nitrogens with one attached hydrogen (secondary N) is 3. The van der Waals surface area contributed by atoms with Crippen molar-refractivity contribution in [1.82, 2.24) is 15.5 Å². The van der Waals surface area contributed by atoms with Gasteiger partial charge in [0.1, 0.15) is 12.1 Å². The third kappa shape index (κ3) is 5.60. The maximum Gasteiger partial charge on any atom is 0.325 e. The van der Waals surface area contributed by atoms with Gasteiger partial charge >= 0.3 is 12.1 Å². The third-order valence-electron chi connectivity index (χ3n) is 6.13. The van der Waals surface area contributed by atoms with Gasteiger partial charge in [-0.05, 0) is 36.6 Å². The van der Waals surface area contributed by atoms with Gasteiger partial charge in [-0.3, -0.25) is 19.8 Å². The van der Waals surface area contributed by atoms with Gasteiger partial charge in [-0.1, -0.05) is 78.4 Å². The molecule has 0 unspecified atom stereocenters. The van der Waals surface area contributed by atoms with E-state index in [1.54, 1.807) is 6.07 Å². The third-order valence-corrected chi connectivity index (χ3v) is 6.13. The van der Waals surface area contributed by atoms with Crippen LogP contribution in [0.2, 0.25) is 0 Å². The number of hydrogen-bond donors (Lipinski definition) is 3. The van der Waals surface area contributed by atoms with Crippen molar-refractivity contribution < 1.29 is 19.2 Å². The van der Waals surface area contributed by atoms with Crippen LogP contribution in [0.3, 0.4) is 0 Å². The molecule has 0 saturated carbocycles. The highest BCUT2D eigenvalue weighted by atomic mass is 16.2. The Morgan fingerprint density at radius 2 is 1.44 bits per heavy atom. The fraction of sp³-hybridized carbons (Fsp3) is 0.214. The van der Waals surface area contributed by atoms with Crippen molar-refractivity contribution in [3.05, 3.63) is 101 Å². The van der Waals surface area contributed by atoms with Crippen molar-refractivity contribution in [2.45, 2.75) is 32.2 Å². The summed E-state index contributed by atoms with van der Waals surface area (Å²) in [4.78, 5) is 52.3. The van der Waals surface area contributed by atoms with Crippen LogP contribution in [0, 0.1) is 13.8 Å². The Labute approximate surface area is 209 Å². The summed E-state index contributed by atoms with van der Waals surface area (Å²) < 4.78 is 0. The van der Waals surface area contributed by atoms with E-state index in [4.69, 9.17) is 0 Å². The van der Waals surface area contributed by atoms with E-state index in [1.165, 1.54) is 0 Å². The molecule has 184 valence electrons. The number of amides is 6. The highest BCUT2D eigenvalue weighted by molar-refractivity contribution is 6.11. The molecule has 8 heteroatoms. The lowest BCUT2D eigenvalue weighted by atomic mass is 9.84. The predicted octanol–water partition coefficient (Wildman–Crippen LogP) is 3.73. The minimum atomic E-state index is -1.25. The van der Waals surface area contributed by atoms with Gasteiger partial charge in [-0.25, -0.2) is 9.59 Å². The topological polar surface area (TPSA) is 108 Å². The van der Waals surface area contributed by atoms with Crippen LogP contribution in [0.25, 0.3) is 0 Å². The first kappa shape index (κ1) is 24.7. The molecular weight excluding hydrogens is 456 g/mol. The number of anilines is 1. The molecule has 0 aliphatic carbocycles. The fourth-order valence-corrected chi connectivity index (χ4v) is 4.43. The number of imide groups is 2. The zero-order chi connectivity index (χ0) is 25.7. The molecule has 0 spiro atoms. The zero-order valence-corrected chi connectivity index (χ0v) is 20.2. The summed E-state index contributed by atoms with van der Waals surface area (Å²) in [5.74, 6) is -1.28. The van der Waals surface area contributed by atoms with Crippen LogP contribution >= 0.6 is 0 Å². The van der Waals surface area contributed by atoms with E-state index in [-0.39, 0.29) is 12.8 Å². The predicted molar refractivity (Wildman–Crippen MR) is 136 cm³/mol.